The van der Waals surface area contributed by atoms with Crippen LogP contribution in [0.3, 0.4) is 0 Å². The van der Waals surface area contributed by atoms with Crippen LogP contribution in [-0.4, -0.2) is 58.7 Å². The van der Waals surface area contributed by atoms with E-state index in [0.29, 0.717) is 19.5 Å². The maximum Gasteiger partial charge on any atom is 0.0663 e. The zero-order valence-corrected chi connectivity index (χ0v) is 11.2. The highest BCUT2D eigenvalue weighted by Gasteiger charge is 2.32. The number of aliphatic hydroxyl groups is 3. The van der Waals surface area contributed by atoms with Crippen LogP contribution < -0.4 is 0 Å². The Kier molecular flexibility index (Phi) is 6.73. The summed E-state index contributed by atoms with van der Waals surface area (Å²) in [6.07, 6.45) is 2.29. The molecule has 0 fully saturated rings. The zero-order chi connectivity index (χ0) is 14.1. The van der Waals surface area contributed by atoms with Crippen molar-refractivity contribution < 1.29 is 15.3 Å². The molecule has 0 aliphatic rings. The van der Waals surface area contributed by atoms with Crippen LogP contribution in [0.2, 0.25) is 0 Å². The Labute approximate surface area is 114 Å². The molecular weight excluding hydrogens is 242 g/mol. The van der Waals surface area contributed by atoms with Gasteiger partial charge in [0.25, 0.3) is 0 Å². The van der Waals surface area contributed by atoms with E-state index >= 15 is 0 Å². The minimum atomic E-state index is -0.660. The molecule has 4 nitrogen and oxygen atoms in total. The lowest BCUT2D eigenvalue weighted by Crippen LogP contribution is -2.53. The number of benzene rings is 1. The maximum absolute atomic E-state index is 9.79. The summed E-state index contributed by atoms with van der Waals surface area (Å²) in [6, 6.07) is 9.82. The largest absolute Gasteiger partial charge is 0.395 e. The van der Waals surface area contributed by atoms with Crippen molar-refractivity contribution >= 4 is 0 Å². The summed E-state index contributed by atoms with van der Waals surface area (Å²) in [5.41, 5.74) is 0.421. The molecule has 0 aliphatic carbocycles. The van der Waals surface area contributed by atoms with Gasteiger partial charge in [0.2, 0.25) is 0 Å². The molecule has 1 rings (SSSR count). The Balaban J connectivity index is 2.96. The molecule has 0 saturated carbocycles. The summed E-state index contributed by atoms with van der Waals surface area (Å²) >= 11 is 0. The van der Waals surface area contributed by atoms with Gasteiger partial charge in [-0.1, -0.05) is 36.4 Å². The Morgan fingerprint density at radius 3 is 2.05 bits per heavy atom. The minimum absolute atomic E-state index is 0.0234. The molecule has 3 N–H and O–H groups in total. The van der Waals surface area contributed by atoms with Gasteiger partial charge >= 0.3 is 0 Å². The van der Waals surface area contributed by atoms with Crippen molar-refractivity contribution in [3.05, 3.63) is 48.6 Å². The highest BCUT2D eigenvalue weighted by atomic mass is 16.3. The Hall–Kier alpha value is -1.20. The smallest absolute Gasteiger partial charge is 0.0663 e. The monoisotopic (exact) mass is 265 g/mol. The van der Waals surface area contributed by atoms with Crippen LogP contribution in [0.4, 0.5) is 0 Å². The third kappa shape index (κ3) is 4.14. The zero-order valence-electron chi connectivity index (χ0n) is 11.2. The molecule has 0 bridgehead atoms. The molecule has 0 aromatic heterocycles. The predicted octanol–water partition coefficient (Wildman–Crippen LogP) is 0.433. The van der Waals surface area contributed by atoms with Gasteiger partial charge < -0.3 is 15.3 Å². The normalized spacial score (nSPS) is 14.3. The van der Waals surface area contributed by atoms with Crippen LogP contribution in [0.15, 0.2) is 43.0 Å². The third-order valence-electron chi connectivity index (χ3n) is 3.38. The quantitative estimate of drug-likeness (QED) is 0.567. The second-order valence-electron chi connectivity index (χ2n) is 4.56. The van der Waals surface area contributed by atoms with Gasteiger partial charge in [-0.15, -0.1) is 6.58 Å². The van der Waals surface area contributed by atoms with Crippen molar-refractivity contribution in [2.24, 2.45) is 0 Å². The van der Waals surface area contributed by atoms with Gasteiger partial charge in [-0.25, -0.2) is 0 Å². The maximum atomic E-state index is 9.79. The number of aliphatic hydroxyl groups excluding tert-OH is 3. The van der Waals surface area contributed by atoms with Crippen molar-refractivity contribution in [3.8, 4) is 0 Å². The van der Waals surface area contributed by atoms with E-state index in [9.17, 15) is 5.11 Å². The molecule has 0 radical (unpaired) electrons. The lowest BCUT2D eigenvalue weighted by atomic mass is 9.89. The van der Waals surface area contributed by atoms with Crippen LogP contribution in [-0.2, 0) is 6.42 Å². The van der Waals surface area contributed by atoms with E-state index in [1.165, 1.54) is 0 Å². The Morgan fingerprint density at radius 1 is 1.05 bits per heavy atom. The molecule has 106 valence electrons. The number of hydrogen-bond acceptors (Lipinski definition) is 4. The SMILES string of the molecule is C=CC(CO)(Cc1ccccc1)N(CCO)CCO. The number of β-amino-alcohol motifs (C(OH)–C–C–N with tert-alkyl or cyclic N) is 2. The molecule has 0 amide bonds. The van der Waals surface area contributed by atoms with Crippen LogP contribution in [0.25, 0.3) is 0 Å². The topological polar surface area (TPSA) is 63.9 Å². The summed E-state index contributed by atoms with van der Waals surface area (Å²) in [5, 5.41) is 28.1. The van der Waals surface area contributed by atoms with Gasteiger partial charge in [0.05, 0.1) is 25.4 Å². The summed E-state index contributed by atoms with van der Waals surface area (Å²) in [4.78, 5) is 1.87. The average molecular weight is 265 g/mol. The van der Waals surface area contributed by atoms with E-state index < -0.39 is 5.54 Å². The fourth-order valence-corrected chi connectivity index (χ4v) is 2.28. The van der Waals surface area contributed by atoms with Gasteiger partial charge in [0.1, 0.15) is 0 Å². The molecule has 19 heavy (non-hydrogen) atoms. The fraction of sp³-hybridized carbons (Fsp3) is 0.467. The van der Waals surface area contributed by atoms with Crippen molar-refractivity contribution in [2.45, 2.75) is 12.0 Å². The van der Waals surface area contributed by atoms with Crippen molar-refractivity contribution in [1.29, 1.82) is 0 Å². The lowest BCUT2D eigenvalue weighted by molar-refractivity contribution is 0.0385. The molecule has 4 heteroatoms. The fourth-order valence-electron chi connectivity index (χ4n) is 2.28. The van der Waals surface area contributed by atoms with E-state index in [-0.39, 0.29) is 19.8 Å². The Bertz CT molecular complexity index is 363. The van der Waals surface area contributed by atoms with Crippen LogP contribution in [0, 0.1) is 0 Å². The summed E-state index contributed by atoms with van der Waals surface area (Å²) in [5.74, 6) is 0. The molecular formula is C15H23NO3. The summed E-state index contributed by atoms with van der Waals surface area (Å²) in [6.45, 7) is 4.45. The van der Waals surface area contributed by atoms with E-state index in [2.05, 4.69) is 6.58 Å². The van der Waals surface area contributed by atoms with Crippen molar-refractivity contribution in [2.75, 3.05) is 32.9 Å². The van der Waals surface area contributed by atoms with Crippen molar-refractivity contribution in [3.63, 3.8) is 0 Å². The van der Waals surface area contributed by atoms with Gasteiger partial charge in [-0.3, -0.25) is 4.90 Å². The second-order valence-corrected chi connectivity index (χ2v) is 4.56. The van der Waals surface area contributed by atoms with Gasteiger partial charge in [0.15, 0.2) is 0 Å². The first-order valence-corrected chi connectivity index (χ1v) is 6.47. The standard InChI is InChI=1S/C15H23NO3/c1-2-15(13-19,16(8-10-17)9-11-18)12-14-6-4-3-5-7-14/h2-7,17-19H,1,8-13H2. The first-order valence-electron chi connectivity index (χ1n) is 6.47. The minimum Gasteiger partial charge on any atom is -0.395 e. The molecule has 1 aromatic carbocycles. The summed E-state index contributed by atoms with van der Waals surface area (Å²) < 4.78 is 0. The van der Waals surface area contributed by atoms with Gasteiger partial charge in [-0.05, 0) is 12.0 Å². The second kappa shape index (κ2) is 8.07. The first-order chi connectivity index (χ1) is 9.22. The van der Waals surface area contributed by atoms with Gasteiger partial charge in [-0.2, -0.15) is 0 Å². The third-order valence-corrected chi connectivity index (χ3v) is 3.38. The predicted molar refractivity (Wildman–Crippen MR) is 75.9 cm³/mol. The molecule has 1 aromatic rings. The highest BCUT2D eigenvalue weighted by molar-refractivity contribution is 5.21. The van der Waals surface area contributed by atoms with Crippen LogP contribution in [0.5, 0.6) is 0 Å². The van der Waals surface area contributed by atoms with Crippen LogP contribution >= 0.6 is 0 Å². The van der Waals surface area contributed by atoms with E-state index in [1.807, 2.05) is 35.2 Å². The summed E-state index contributed by atoms with van der Waals surface area (Å²) in [7, 11) is 0. The Morgan fingerprint density at radius 2 is 1.63 bits per heavy atom. The molecule has 1 unspecified atom stereocenters. The number of nitrogens with zero attached hydrogens (tertiary/aromatic N) is 1. The molecule has 0 aliphatic heterocycles. The van der Waals surface area contributed by atoms with Crippen LogP contribution in [0.1, 0.15) is 5.56 Å². The number of hydrogen-bond donors (Lipinski definition) is 3. The molecule has 0 saturated heterocycles. The lowest BCUT2D eigenvalue weighted by Gasteiger charge is -2.40. The van der Waals surface area contributed by atoms with E-state index in [0.717, 1.165) is 5.56 Å². The van der Waals surface area contributed by atoms with E-state index in [4.69, 9.17) is 10.2 Å². The molecule has 0 spiro atoms. The van der Waals surface area contributed by atoms with Gasteiger partial charge in [0, 0.05) is 13.1 Å². The average Bonchev–Trinajstić information content (AvgIpc) is 2.46. The van der Waals surface area contributed by atoms with E-state index in [1.54, 1.807) is 6.08 Å². The first kappa shape index (κ1) is 15.9. The van der Waals surface area contributed by atoms with Crippen molar-refractivity contribution in [1.82, 2.24) is 4.90 Å². The molecule has 1 atom stereocenters. The molecule has 0 heterocycles. The number of rotatable bonds is 9. The highest BCUT2D eigenvalue weighted by Crippen LogP contribution is 2.22.